The van der Waals surface area contributed by atoms with Crippen LogP contribution < -0.4 is 5.56 Å². The number of rotatable bonds is 5. The summed E-state index contributed by atoms with van der Waals surface area (Å²) in [6.45, 7) is 10.6. The normalized spacial score (nSPS) is 16.0. The maximum Gasteiger partial charge on any atom is 0.265 e. The van der Waals surface area contributed by atoms with E-state index in [0.29, 0.717) is 59.2 Å². The Kier molecular flexibility index (Phi) is 5.39. The average molecular weight is 459 g/mol. The minimum absolute atomic E-state index is 0.190. The Morgan fingerprint density at radius 3 is 2.65 bits per heavy atom. The molecule has 5 rings (SSSR count). The number of fused-ring (bicyclic) bond motifs is 1. The molecule has 1 unspecified atom stereocenters. The predicted molar refractivity (Wildman–Crippen MR) is 127 cm³/mol. The Bertz CT molecular complexity index is 1460. The van der Waals surface area contributed by atoms with Crippen LogP contribution in [0.5, 0.6) is 0 Å². The van der Waals surface area contributed by atoms with Crippen LogP contribution in [0, 0.1) is 13.8 Å². The Morgan fingerprint density at radius 1 is 1.21 bits per heavy atom. The predicted octanol–water partition coefficient (Wildman–Crippen LogP) is 3.71. The van der Waals surface area contributed by atoms with Crippen LogP contribution in [-0.4, -0.2) is 41.8 Å². The molecular formula is C25H26N6O3. The molecule has 0 saturated heterocycles. The molecule has 0 radical (unpaired) electrons. The molecule has 3 aromatic heterocycles. The smallest absolute Gasteiger partial charge is 0.265 e. The van der Waals surface area contributed by atoms with Crippen LogP contribution in [0.25, 0.3) is 16.7 Å². The van der Waals surface area contributed by atoms with Gasteiger partial charge in [-0.3, -0.25) is 14.2 Å². The van der Waals surface area contributed by atoms with Gasteiger partial charge < -0.3 is 9.42 Å². The third-order valence-corrected chi connectivity index (χ3v) is 6.31. The molecule has 4 heterocycles. The highest BCUT2D eigenvalue weighted by Gasteiger charge is 2.32. The molecule has 174 valence electrons. The summed E-state index contributed by atoms with van der Waals surface area (Å²) < 4.78 is 8.25. The molecule has 0 fully saturated rings. The van der Waals surface area contributed by atoms with Crippen molar-refractivity contribution in [3.05, 3.63) is 81.9 Å². The van der Waals surface area contributed by atoms with Crippen molar-refractivity contribution in [1.82, 2.24) is 29.4 Å². The lowest BCUT2D eigenvalue weighted by Crippen LogP contribution is -2.35. The fraction of sp³-hybridized carbons (Fsp3) is 0.320. The Labute approximate surface area is 196 Å². The molecule has 0 amide bonds. The SMILES string of the molecule is C=C(c1cc(C)on1)N1CCC(=O)n2nc(C)c3c(=O)n(Cc4ccccc4)c(nc32)C1CC. The molecule has 1 atom stereocenters. The molecule has 1 aromatic carbocycles. The van der Waals surface area contributed by atoms with Gasteiger partial charge in [0.25, 0.3) is 11.5 Å². The van der Waals surface area contributed by atoms with E-state index in [1.807, 2.05) is 55.1 Å². The number of hydrogen-bond donors (Lipinski definition) is 0. The van der Waals surface area contributed by atoms with Crippen molar-refractivity contribution in [2.75, 3.05) is 6.54 Å². The van der Waals surface area contributed by atoms with Gasteiger partial charge in [0, 0.05) is 19.0 Å². The number of aromatic nitrogens is 5. The molecular weight excluding hydrogens is 432 g/mol. The first-order valence-electron chi connectivity index (χ1n) is 11.4. The number of benzene rings is 1. The fourth-order valence-electron chi connectivity index (χ4n) is 4.62. The van der Waals surface area contributed by atoms with Crippen molar-refractivity contribution in [2.45, 2.75) is 46.2 Å². The van der Waals surface area contributed by atoms with Crippen molar-refractivity contribution in [2.24, 2.45) is 0 Å². The lowest BCUT2D eigenvalue weighted by atomic mass is 10.1. The van der Waals surface area contributed by atoms with Gasteiger partial charge in [0.05, 0.1) is 24.0 Å². The second kappa shape index (κ2) is 8.40. The van der Waals surface area contributed by atoms with E-state index < -0.39 is 0 Å². The third-order valence-electron chi connectivity index (χ3n) is 6.31. The maximum absolute atomic E-state index is 13.8. The molecule has 0 aliphatic carbocycles. The standard InChI is InChI=1S/C25H26N6O3/c1-5-20-23-26-24-22(25(33)30(23)14-18-9-7-6-8-10-18)16(3)27-31(24)21(32)11-12-29(20)17(4)19-13-15(2)34-28-19/h6-10,13,20H,4-5,11-12,14H2,1-3H3. The molecule has 1 aliphatic heterocycles. The van der Waals surface area contributed by atoms with Crippen LogP contribution >= 0.6 is 0 Å². The van der Waals surface area contributed by atoms with E-state index in [1.54, 1.807) is 11.5 Å². The highest BCUT2D eigenvalue weighted by atomic mass is 16.5. The van der Waals surface area contributed by atoms with Crippen LogP contribution in [0.15, 0.2) is 52.3 Å². The number of aryl methyl sites for hydroxylation is 2. The van der Waals surface area contributed by atoms with E-state index >= 15 is 0 Å². The van der Waals surface area contributed by atoms with E-state index in [4.69, 9.17) is 9.51 Å². The van der Waals surface area contributed by atoms with Gasteiger partial charge in [-0.05, 0) is 25.8 Å². The van der Waals surface area contributed by atoms with Gasteiger partial charge in [0.2, 0.25) is 0 Å². The van der Waals surface area contributed by atoms with Crippen molar-refractivity contribution < 1.29 is 9.32 Å². The van der Waals surface area contributed by atoms with E-state index in [9.17, 15) is 9.59 Å². The third kappa shape index (κ3) is 3.53. The zero-order valence-electron chi connectivity index (χ0n) is 19.5. The van der Waals surface area contributed by atoms with Crippen molar-refractivity contribution in [3.63, 3.8) is 0 Å². The second-order valence-corrected chi connectivity index (χ2v) is 8.57. The molecule has 9 nitrogen and oxygen atoms in total. The van der Waals surface area contributed by atoms with Gasteiger partial charge >= 0.3 is 0 Å². The lowest BCUT2D eigenvalue weighted by Gasteiger charge is -2.34. The van der Waals surface area contributed by atoms with Crippen LogP contribution in [0.4, 0.5) is 0 Å². The molecule has 0 saturated carbocycles. The minimum atomic E-state index is -0.306. The van der Waals surface area contributed by atoms with Crippen molar-refractivity contribution in [1.29, 1.82) is 0 Å². The number of hydrogen-bond acceptors (Lipinski definition) is 7. The van der Waals surface area contributed by atoms with Gasteiger partial charge in [0.1, 0.15) is 22.7 Å². The first kappa shape index (κ1) is 21.8. The van der Waals surface area contributed by atoms with Crippen molar-refractivity contribution >= 4 is 22.6 Å². The Balaban J connectivity index is 1.74. The molecule has 1 aliphatic rings. The molecule has 9 heteroatoms. The van der Waals surface area contributed by atoms with E-state index in [-0.39, 0.29) is 23.9 Å². The average Bonchev–Trinajstić information content (AvgIpc) is 3.42. The summed E-state index contributed by atoms with van der Waals surface area (Å²) >= 11 is 0. The molecule has 0 spiro atoms. The monoisotopic (exact) mass is 458 g/mol. The van der Waals surface area contributed by atoms with E-state index in [2.05, 4.69) is 16.8 Å². The first-order valence-corrected chi connectivity index (χ1v) is 11.4. The summed E-state index contributed by atoms with van der Waals surface area (Å²) in [6.07, 6.45) is 0.833. The van der Waals surface area contributed by atoms with Crippen LogP contribution in [0.2, 0.25) is 0 Å². The maximum atomic E-state index is 13.8. The molecule has 0 N–H and O–H groups in total. The minimum Gasteiger partial charge on any atom is -0.361 e. The number of carbonyl (C=O) groups is 1. The summed E-state index contributed by atoms with van der Waals surface area (Å²) in [7, 11) is 0. The highest BCUT2D eigenvalue weighted by molar-refractivity contribution is 5.90. The quantitative estimate of drug-likeness (QED) is 0.449. The molecule has 4 aromatic rings. The van der Waals surface area contributed by atoms with Crippen molar-refractivity contribution in [3.8, 4) is 0 Å². The van der Waals surface area contributed by atoms with Crippen LogP contribution in [0.3, 0.4) is 0 Å². The van der Waals surface area contributed by atoms with E-state index in [1.165, 1.54) is 4.68 Å². The number of carbonyl (C=O) groups excluding carboxylic acids is 1. The largest absolute Gasteiger partial charge is 0.361 e. The Hall–Kier alpha value is -4.01. The first-order chi connectivity index (χ1) is 16.4. The van der Waals surface area contributed by atoms with Gasteiger partial charge in [-0.25, -0.2) is 4.98 Å². The summed E-state index contributed by atoms with van der Waals surface area (Å²) in [5.41, 5.74) is 2.80. The Morgan fingerprint density at radius 2 is 1.97 bits per heavy atom. The fourth-order valence-corrected chi connectivity index (χ4v) is 4.62. The molecule has 34 heavy (non-hydrogen) atoms. The zero-order chi connectivity index (χ0) is 24.0. The molecule has 2 bridgehead atoms. The number of nitrogens with zero attached hydrogens (tertiary/aromatic N) is 6. The van der Waals surface area contributed by atoms with E-state index in [0.717, 1.165) is 5.56 Å². The van der Waals surface area contributed by atoms with Gasteiger partial charge in [-0.2, -0.15) is 9.78 Å². The van der Waals surface area contributed by atoms with Gasteiger partial charge in [-0.1, -0.05) is 49.0 Å². The summed E-state index contributed by atoms with van der Waals surface area (Å²) in [5.74, 6) is 1.02. The lowest BCUT2D eigenvalue weighted by molar-refractivity contribution is 0.0877. The second-order valence-electron chi connectivity index (χ2n) is 8.57. The van der Waals surface area contributed by atoms with Crippen LogP contribution in [-0.2, 0) is 6.54 Å². The summed E-state index contributed by atoms with van der Waals surface area (Å²) in [4.78, 5) is 33.8. The van der Waals surface area contributed by atoms with Gasteiger partial charge in [-0.15, -0.1) is 0 Å². The van der Waals surface area contributed by atoms with Gasteiger partial charge in [0.15, 0.2) is 5.65 Å². The summed E-state index contributed by atoms with van der Waals surface area (Å²) in [5, 5.41) is 8.89. The summed E-state index contributed by atoms with van der Waals surface area (Å²) in [6, 6.07) is 11.3. The zero-order valence-corrected chi connectivity index (χ0v) is 19.5. The topological polar surface area (TPSA) is 99.0 Å². The highest BCUT2D eigenvalue weighted by Crippen LogP contribution is 2.32. The van der Waals surface area contributed by atoms with Crippen LogP contribution in [0.1, 0.15) is 59.1 Å².